The topological polar surface area (TPSA) is 97.3 Å². The van der Waals surface area contributed by atoms with Crippen LogP contribution >= 0.6 is 0 Å². The van der Waals surface area contributed by atoms with Crippen LogP contribution in [-0.4, -0.2) is 55.5 Å². The first-order valence-corrected chi connectivity index (χ1v) is 8.35. The lowest BCUT2D eigenvalue weighted by atomic mass is 9.97. The Kier molecular flexibility index (Phi) is 3.84. The molecule has 0 aromatic carbocycles. The minimum absolute atomic E-state index is 0.00351. The normalized spacial score (nSPS) is 23.8. The van der Waals surface area contributed by atoms with Crippen molar-refractivity contribution >= 4 is 5.91 Å². The van der Waals surface area contributed by atoms with Gasteiger partial charge in [0, 0.05) is 37.7 Å². The van der Waals surface area contributed by atoms with Gasteiger partial charge in [0.25, 0.3) is 0 Å². The second-order valence-corrected chi connectivity index (χ2v) is 6.83. The fourth-order valence-corrected chi connectivity index (χ4v) is 3.24. The van der Waals surface area contributed by atoms with Crippen molar-refractivity contribution in [3.8, 4) is 0 Å². The fraction of sp³-hybridized carbons (Fsp3) is 0.625. The lowest BCUT2D eigenvalue weighted by Gasteiger charge is -2.15. The second-order valence-electron chi connectivity index (χ2n) is 6.83. The third kappa shape index (κ3) is 2.93. The Balaban J connectivity index is 1.45. The molecule has 0 unspecified atom stereocenters. The average Bonchev–Trinajstić information content (AvgIpc) is 2.99. The van der Waals surface area contributed by atoms with E-state index in [2.05, 4.69) is 15.2 Å². The van der Waals surface area contributed by atoms with Crippen molar-refractivity contribution in [2.45, 2.75) is 38.1 Å². The number of amides is 1. The van der Waals surface area contributed by atoms with E-state index in [0.717, 1.165) is 24.2 Å². The Morgan fingerprint density at radius 1 is 1.42 bits per heavy atom. The van der Waals surface area contributed by atoms with Crippen LogP contribution in [0.25, 0.3) is 0 Å². The first-order chi connectivity index (χ1) is 11.6. The van der Waals surface area contributed by atoms with Crippen LogP contribution in [0.5, 0.6) is 0 Å². The number of aliphatic hydroxyl groups excluding tert-OH is 1. The zero-order valence-electron chi connectivity index (χ0n) is 13.6. The molecule has 4 rings (SSSR count). The minimum atomic E-state index is -0.0988. The summed E-state index contributed by atoms with van der Waals surface area (Å²) in [4.78, 5) is 18.7. The lowest BCUT2D eigenvalue weighted by molar-refractivity contribution is -0.131. The fourth-order valence-electron chi connectivity index (χ4n) is 3.24. The van der Waals surface area contributed by atoms with Crippen LogP contribution in [0.4, 0.5) is 0 Å². The van der Waals surface area contributed by atoms with E-state index < -0.39 is 0 Å². The molecule has 1 saturated heterocycles. The van der Waals surface area contributed by atoms with Gasteiger partial charge in [0.1, 0.15) is 6.54 Å². The van der Waals surface area contributed by atoms with Crippen molar-refractivity contribution in [1.82, 2.24) is 24.8 Å². The number of aryl methyl sites for hydroxylation is 1. The molecule has 2 aliphatic rings. The SMILES string of the molecule is Cc1cnn(CC(=O)N2C[C@@H](CO)[C@H](c3nc(C4CC4)no3)C2)c1. The molecule has 2 fully saturated rings. The zero-order chi connectivity index (χ0) is 16.7. The molecule has 8 nitrogen and oxygen atoms in total. The second kappa shape index (κ2) is 6.01. The van der Waals surface area contributed by atoms with E-state index in [1.54, 1.807) is 15.8 Å². The maximum Gasteiger partial charge on any atom is 0.244 e. The molecule has 2 aromatic heterocycles. The number of rotatable bonds is 5. The number of carbonyl (C=O) groups excluding carboxylic acids is 1. The predicted molar refractivity (Wildman–Crippen MR) is 83.1 cm³/mol. The van der Waals surface area contributed by atoms with Gasteiger partial charge in [-0.15, -0.1) is 0 Å². The van der Waals surface area contributed by atoms with Crippen LogP contribution in [0, 0.1) is 12.8 Å². The van der Waals surface area contributed by atoms with Crippen molar-refractivity contribution in [3.05, 3.63) is 29.7 Å². The van der Waals surface area contributed by atoms with Crippen LogP contribution in [0.1, 0.15) is 42.0 Å². The van der Waals surface area contributed by atoms with E-state index in [-0.39, 0.29) is 30.9 Å². The summed E-state index contributed by atoms with van der Waals surface area (Å²) in [5.41, 5.74) is 1.02. The van der Waals surface area contributed by atoms with E-state index in [1.807, 2.05) is 13.1 Å². The van der Waals surface area contributed by atoms with Crippen molar-refractivity contribution < 1.29 is 14.4 Å². The van der Waals surface area contributed by atoms with Crippen molar-refractivity contribution in [2.24, 2.45) is 5.92 Å². The maximum atomic E-state index is 12.5. The Morgan fingerprint density at radius 3 is 2.92 bits per heavy atom. The molecule has 24 heavy (non-hydrogen) atoms. The zero-order valence-corrected chi connectivity index (χ0v) is 13.6. The third-order valence-electron chi connectivity index (χ3n) is 4.80. The Morgan fingerprint density at radius 2 is 2.25 bits per heavy atom. The lowest BCUT2D eigenvalue weighted by Crippen LogP contribution is -2.32. The van der Waals surface area contributed by atoms with Crippen LogP contribution in [0.15, 0.2) is 16.9 Å². The Bertz CT molecular complexity index is 736. The van der Waals surface area contributed by atoms with Gasteiger partial charge in [-0.05, 0) is 25.3 Å². The predicted octanol–water partition coefficient (Wildman–Crippen LogP) is 0.686. The van der Waals surface area contributed by atoms with Gasteiger partial charge in [0.15, 0.2) is 5.82 Å². The largest absolute Gasteiger partial charge is 0.396 e. The minimum Gasteiger partial charge on any atom is -0.396 e. The highest BCUT2D eigenvalue weighted by molar-refractivity contribution is 5.76. The van der Waals surface area contributed by atoms with Gasteiger partial charge in [-0.2, -0.15) is 10.1 Å². The van der Waals surface area contributed by atoms with E-state index >= 15 is 0 Å². The molecule has 8 heteroatoms. The number of nitrogens with zero attached hydrogens (tertiary/aromatic N) is 5. The van der Waals surface area contributed by atoms with Crippen LogP contribution in [0.2, 0.25) is 0 Å². The monoisotopic (exact) mass is 331 g/mol. The van der Waals surface area contributed by atoms with Gasteiger partial charge in [-0.1, -0.05) is 5.16 Å². The van der Waals surface area contributed by atoms with Crippen molar-refractivity contribution in [2.75, 3.05) is 19.7 Å². The van der Waals surface area contributed by atoms with Crippen molar-refractivity contribution in [3.63, 3.8) is 0 Å². The number of hydrogen-bond donors (Lipinski definition) is 1. The van der Waals surface area contributed by atoms with Gasteiger partial charge in [0.2, 0.25) is 11.8 Å². The van der Waals surface area contributed by atoms with E-state index in [0.29, 0.717) is 24.9 Å². The summed E-state index contributed by atoms with van der Waals surface area (Å²) in [5, 5.41) is 17.9. The average molecular weight is 331 g/mol. The first-order valence-electron chi connectivity index (χ1n) is 8.35. The van der Waals surface area contributed by atoms with Crippen LogP contribution < -0.4 is 0 Å². The van der Waals surface area contributed by atoms with Gasteiger partial charge >= 0.3 is 0 Å². The summed E-state index contributed by atoms with van der Waals surface area (Å²) in [5.74, 6) is 1.55. The highest BCUT2D eigenvalue weighted by Crippen LogP contribution is 2.39. The highest BCUT2D eigenvalue weighted by atomic mass is 16.5. The summed E-state index contributed by atoms with van der Waals surface area (Å²) in [7, 11) is 0. The summed E-state index contributed by atoms with van der Waals surface area (Å²) >= 11 is 0. The van der Waals surface area contributed by atoms with E-state index in [4.69, 9.17) is 4.52 Å². The highest BCUT2D eigenvalue weighted by Gasteiger charge is 2.40. The Labute approximate surface area is 139 Å². The van der Waals surface area contributed by atoms with Gasteiger partial charge < -0.3 is 14.5 Å². The molecule has 0 bridgehead atoms. The van der Waals surface area contributed by atoms with Crippen molar-refractivity contribution in [1.29, 1.82) is 0 Å². The number of aliphatic hydroxyl groups is 1. The molecule has 1 saturated carbocycles. The number of aromatic nitrogens is 4. The summed E-state index contributed by atoms with van der Waals surface area (Å²) in [6, 6.07) is 0. The quantitative estimate of drug-likeness (QED) is 0.865. The molecule has 0 radical (unpaired) electrons. The molecule has 1 aliphatic heterocycles. The molecule has 1 N–H and O–H groups in total. The van der Waals surface area contributed by atoms with Gasteiger partial charge in [0.05, 0.1) is 12.1 Å². The van der Waals surface area contributed by atoms with Crippen LogP contribution in [0.3, 0.4) is 0 Å². The smallest absolute Gasteiger partial charge is 0.244 e. The van der Waals surface area contributed by atoms with Gasteiger partial charge in [-0.3, -0.25) is 9.48 Å². The molecular formula is C16H21N5O3. The van der Waals surface area contributed by atoms with Gasteiger partial charge in [-0.25, -0.2) is 0 Å². The number of likely N-dealkylation sites (tertiary alicyclic amines) is 1. The summed E-state index contributed by atoms with van der Waals surface area (Å²) < 4.78 is 7.04. The van der Waals surface area contributed by atoms with E-state index in [1.165, 1.54) is 0 Å². The third-order valence-corrected chi connectivity index (χ3v) is 4.80. The molecule has 0 spiro atoms. The summed E-state index contributed by atoms with van der Waals surface area (Å²) in [6.45, 7) is 3.14. The summed E-state index contributed by atoms with van der Waals surface area (Å²) in [6.07, 6.45) is 5.80. The molecule has 2 aromatic rings. The maximum absolute atomic E-state index is 12.5. The molecular weight excluding hydrogens is 310 g/mol. The molecule has 1 amide bonds. The number of carbonyl (C=O) groups is 1. The molecule has 3 heterocycles. The number of hydrogen-bond acceptors (Lipinski definition) is 6. The first kappa shape index (κ1) is 15.3. The molecule has 128 valence electrons. The Hall–Kier alpha value is -2.22. The molecule has 2 atom stereocenters. The van der Waals surface area contributed by atoms with E-state index in [9.17, 15) is 9.90 Å². The van der Waals surface area contributed by atoms with Crippen LogP contribution in [-0.2, 0) is 11.3 Å². The molecule has 1 aliphatic carbocycles. The standard InChI is InChI=1S/C16H21N5O3/c1-10-4-17-21(5-10)8-14(23)20-6-12(9-22)13(7-20)16-18-15(19-24-16)11-2-3-11/h4-5,11-13,22H,2-3,6-9H2,1H3/t12-,13+/m0/s1.